The molecule has 0 bridgehead atoms. The highest BCUT2D eigenvalue weighted by Gasteiger charge is 2.24. The van der Waals surface area contributed by atoms with E-state index in [1.807, 2.05) is 37.3 Å². The number of nitrogens with one attached hydrogen (secondary N) is 1. The zero-order valence-electron chi connectivity index (χ0n) is 15.4. The van der Waals surface area contributed by atoms with E-state index in [0.29, 0.717) is 23.8 Å². The summed E-state index contributed by atoms with van der Waals surface area (Å²) in [5.41, 5.74) is 2.61. The summed E-state index contributed by atoms with van der Waals surface area (Å²) in [6.45, 7) is 2.43. The highest BCUT2D eigenvalue weighted by atomic mass is 32.2. The van der Waals surface area contributed by atoms with Crippen molar-refractivity contribution in [1.29, 1.82) is 0 Å². The van der Waals surface area contributed by atoms with Crippen molar-refractivity contribution in [2.24, 2.45) is 4.99 Å². The minimum atomic E-state index is -0.806. The smallest absolute Gasteiger partial charge is 0.304 e. The summed E-state index contributed by atoms with van der Waals surface area (Å²) >= 11 is 1.49. The SMILES string of the molecule is COc1cc(Oc2ccc(C)nc2)cc2cc(C3=NCC(CC(=O)O)S3)[nH]c12. The molecule has 3 heterocycles. The Hall–Kier alpha value is -3.00. The van der Waals surface area contributed by atoms with Crippen molar-refractivity contribution in [1.82, 2.24) is 9.97 Å². The number of nitrogens with zero attached hydrogens (tertiary/aromatic N) is 2. The molecule has 2 N–H and O–H groups in total. The number of carboxylic acid groups (broad SMARTS) is 1. The molecule has 1 aliphatic heterocycles. The van der Waals surface area contributed by atoms with E-state index in [4.69, 9.17) is 14.6 Å². The van der Waals surface area contributed by atoms with Gasteiger partial charge in [-0.15, -0.1) is 0 Å². The van der Waals surface area contributed by atoms with Crippen LogP contribution in [0.1, 0.15) is 17.8 Å². The molecule has 0 spiro atoms. The van der Waals surface area contributed by atoms with Crippen LogP contribution < -0.4 is 9.47 Å². The summed E-state index contributed by atoms with van der Waals surface area (Å²) in [7, 11) is 1.61. The van der Waals surface area contributed by atoms with E-state index in [2.05, 4.69) is 15.0 Å². The zero-order valence-corrected chi connectivity index (χ0v) is 16.2. The maximum atomic E-state index is 10.9. The number of carboxylic acids is 1. The number of aromatic nitrogens is 2. The van der Waals surface area contributed by atoms with Crippen LogP contribution in [0.3, 0.4) is 0 Å². The van der Waals surface area contributed by atoms with Gasteiger partial charge in [-0.3, -0.25) is 14.8 Å². The molecule has 28 heavy (non-hydrogen) atoms. The topological polar surface area (TPSA) is 96.8 Å². The van der Waals surface area contributed by atoms with Crippen molar-refractivity contribution < 1.29 is 19.4 Å². The first kappa shape index (κ1) is 18.4. The highest BCUT2D eigenvalue weighted by Crippen LogP contribution is 2.35. The second-order valence-corrected chi connectivity index (χ2v) is 7.78. The van der Waals surface area contributed by atoms with Gasteiger partial charge in [-0.05, 0) is 31.2 Å². The Morgan fingerprint density at radius 3 is 2.89 bits per heavy atom. The molecular weight excluding hydrogens is 378 g/mol. The molecule has 8 heteroatoms. The minimum Gasteiger partial charge on any atom is -0.494 e. The number of fused-ring (bicyclic) bond motifs is 1. The standard InChI is InChI=1S/C20H19N3O4S/c1-11-3-4-13(9-21-11)27-14-5-12-6-16(23-19(12)17(7-14)26-2)20-22-10-15(28-20)8-18(24)25/h3-7,9,15,23H,8,10H2,1-2H3,(H,24,25). The van der Waals surface area contributed by atoms with Gasteiger partial charge in [0, 0.05) is 22.4 Å². The molecule has 0 aliphatic carbocycles. The number of thioether (sulfide) groups is 1. The zero-order chi connectivity index (χ0) is 19.7. The quantitative estimate of drug-likeness (QED) is 0.652. The number of methoxy groups -OCH3 is 1. The highest BCUT2D eigenvalue weighted by molar-refractivity contribution is 8.15. The monoisotopic (exact) mass is 397 g/mol. The molecule has 2 aromatic heterocycles. The molecule has 4 rings (SSSR count). The summed E-state index contributed by atoms with van der Waals surface area (Å²) in [5.74, 6) is 1.14. The molecule has 0 fully saturated rings. The fourth-order valence-electron chi connectivity index (χ4n) is 3.04. The number of aromatic amines is 1. The number of aliphatic carboxylic acids is 1. The van der Waals surface area contributed by atoms with Crippen molar-refractivity contribution in [3.63, 3.8) is 0 Å². The molecule has 0 saturated carbocycles. The summed E-state index contributed by atoms with van der Waals surface area (Å²) in [6.07, 6.45) is 1.78. The third-order valence-corrected chi connectivity index (χ3v) is 5.58. The second-order valence-electron chi connectivity index (χ2n) is 6.49. The van der Waals surface area contributed by atoms with Crippen molar-refractivity contribution >= 4 is 33.7 Å². The number of rotatable bonds is 6. The van der Waals surface area contributed by atoms with E-state index in [1.54, 1.807) is 13.3 Å². The third-order valence-electron chi connectivity index (χ3n) is 4.36. The van der Waals surface area contributed by atoms with E-state index < -0.39 is 5.97 Å². The first-order valence-corrected chi connectivity index (χ1v) is 9.64. The summed E-state index contributed by atoms with van der Waals surface area (Å²) in [4.78, 5) is 23.0. The van der Waals surface area contributed by atoms with Gasteiger partial charge in [-0.2, -0.15) is 0 Å². The van der Waals surface area contributed by atoms with Crippen LogP contribution in [0.4, 0.5) is 0 Å². The molecule has 7 nitrogen and oxygen atoms in total. The van der Waals surface area contributed by atoms with Crippen LogP contribution in [-0.2, 0) is 4.79 Å². The normalized spacial score (nSPS) is 16.2. The second kappa shape index (κ2) is 7.55. The maximum absolute atomic E-state index is 10.9. The predicted octanol–water partition coefficient (Wildman–Crippen LogP) is 4.01. The molecule has 1 atom stereocenters. The number of hydrogen-bond donors (Lipinski definition) is 2. The number of pyridine rings is 1. The number of aliphatic imine (C=N–C) groups is 1. The largest absolute Gasteiger partial charge is 0.494 e. The van der Waals surface area contributed by atoms with Crippen molar-refractivity contribution in [2.75, 3.05) is 13.7 Å². The number of aryl methyl sites for hydroxylation is 1. The number of carbonyl (C=O) groups is 1. The van der Waals surface area contributed by atoms with Crippen LogP contribution in [0.25, 0.3) is 10.9 Å². The first-order valence-electron chi connectivity index (χ1n) is 8.76. The fourth-order valence-corrected chi connectivity index (χ4v) is 4.11. The first-order chi connectivity index (χ1) is 13.5. The van der Waals surface area contributed by atoms with Crippen molar-refractivity contribution in [3.05, 3.63) is 47.9 Å². The van der Waals surface area contributed by atoms with Crippen LogP contribution in [0.2, 0.25) is 0 Å². The van der Waals surface area contributed by atoms with E-state index in [0.717, 1.165) is 27.3 Å². The average Bonchev–Trinajstić information content (AvgIpc) is 3.29. The van der Waals surface area contributed by atoms with E-state index in [-0.39, 0.29) is 11.7 Å². The van der Waals surface area contributed by atoms with Crippen LogP contribution >= 0.6 is 11.8 Å². The predicted molar refractivity (Wildman–Crippen MR) is 109 cm³/mol. The van der Waals surface area contributed by atoms with Gasteiger partial charge in [0.25, 0.3) is 0 Å². The molecule has 1 unspecified atom stereocenters. The molecule has 1 aliphatic rings. The Balaban J connectivity index is 1.62. The molecule has 0 amide bonds. The average molecular weight is 397 g/mol. The van der Waals surface area contributed by atoms with Crippen LogP contribution in [0.5, 0.6) is 17.2 Å². The molecule has 144 valence electrons. The van der Waals surface area contributed by atoms with Gasteiger partial charge in [0.2, 0.25) is 0 Å². The van der Waals surface area contributed by atoms with Gasteiger partial charge in [0.15, 0.2) is 0 Å². The lowest BCUT2D eigenvalue weighted by molar-refractivity contribution is -0.136. The van der Waals surface area contributed by atoms with Gasteiger partial charge < -0.3 is 19.6 Å². The molecular formula is C20H19N3O4S. The Morgan fingerprint density at radius 2 is 2.18 bits per heavy atom. The Morgan fingerprint density at radius 1 is 1.32 bits per heavy atom. The van der Waals surface area contributed by atoms with Gasteiger partial charge in [-0.25, -0.2) is 0 Å². The lowest BCUT2D eigenvalue weighted by Crippen LogP contribution is -2.10. The van der Waals surface area contributed by atoms with Crippen LogP contribution in [-0.4, -0.2) is 45.0 Å². The Labute approximate surface area is 165 Å². The minimum absolute atomic E-state index is 0.0336. The van der Waals surface area contributed by atoms with Crippen molar-refractivity contribution in [2.45, 2.75) is 18.6 Å². The Kier molecular flexibility index (Phi) is 4.95. The summed E-state index contributed by atoms with van der Waals surface area (Å²) in [5, 5.41) is 10.7. The number of hydrogen-bond acceptors (Lipinski definition) is 6. The number of ether oxygens (including phenoxy) is 2. The maximum Gasteiger partial charge on any atom is 0.304 e. The number of H-pyrrole nitrogens is 1. The van der Waals surface area contributed by atoms with Gasteiger partial charge in [0.1, 0.15) is 22.3 Å². The molecule has 3 aromatic rings. The lowest BCUT2D eigenvalue weighted by Gasteiger charge is -2.08. The summed E-state index contributed by atoms with van der Waals surface area (Å²) in [6, 6.07) is 9.48. The molecule has 0 saturated heterocycles. The summed E-state index contributed by atoms with van der Waals surface area (Å²) < 4.78 is 11.4. The van der Waals surface area contributed by atoms with E-state index in [1.165, 1.54) is 11.8 Å². The van der Waals surface area contributed by atoms with Gasteiger partial charge in [0.05, 0.1) is 37.5 Å². The van der Waals surface area contributed by atoms with Crippen molar-refractivity contribution in [3.8, 4) is 17.2 Å². The fraction of sp³-hybridized carbons (Fsp3) is 0.250. The molecule has 0 radical (unpaired) electrons. The molecule has 1 aromatic carbocycles. The Bertz CT molecular complexity index is 1060. The lowest BCUT2D eigenvalue weighted by atomic mass is 10.2. The van der Waals surface area contributed by atoms with Gasteiger partial charge >= 0.3 is 5.97 Å². The number of benzene rings is 1. The van der Waals surface area contributed by atoms with Crippen LogP contribution in [0.15, 0.2) is 41.5 Å². The van der Waals surface area contributed by atoms with E-state index >= 15 is 0 Å². The van der Waals surface area contributed by atoms with Gasteiger partial charge in [-0.1, -0.05) is 11.8 Å². The van der Waals surface area contributed by atoms with Crippen LogP contribution in [0, 0.1) is 6.92 Å². The third kappa shape index (κ3) is 3.82. The van der Waals surface area contributed by atoms with E-state index in [9.17, 15) is 4.79 Å².